The normalized spacial score (nSPS) is 11.6. The zero-order valence-corrected chi connectivity index (χ0v) is 12.7. The van der Waals surface area contributed by atoms with E-state index in [4.69, 9.17) is 9.47 Å². The summed E-state index contributed by atoms with van der Waals surface area (Å²) >= 11 is 0. The maximum absolute atomic E-state index is 11.4. The lowest BCUT2D eigenvalue weighted by atomic mass is 10.3. The number of hydrogen-bond acceptors (Lipinski definition) is 3. The molecule has 1 aromatic rings. The summed E-state index contributed by atoms with van der Waals surface area (Å²) in [6.45, 7) is 10.4. The lowest BCUT2D eigenvalue weighted by Gasteiger charge is -2.15. The number of esters is 1. The van der Waals surface area contributed by atoms with Crippen molar-refractivity contribution in [3.8, 4) is 0 Å². The molecule has 0 N–H and O–H groups in total. The SMILES string of the molecule is CCOC(=O)c1ccn(COCC[Si](C)(C)C)c1. The molecular formula is C13H23NO3Si. The zero-order chi connectivity index (χ0) is 13.6. The molecule has 5 heteroatoms. The van der Waals surface area contributed by atoms with E-state index < -0.39 is 8.07 Å². The van der Waals surface area contributed by atoms with Gasteiger partial charge in [0.05, 0.1) is 12.2 Å². The minimum Gasteiger partial charge on any atom is -0.462 e. The lowest BCUT2D eigenvalue weighted by Crippen LogP contribution is -2.21. The standard InChI is InChI=1S/C13H23NO3Si/c1-5-17-13(15)12-6-7-14(10-12)11-16-8-9-18(2,3)4/h6-7,10H,5,8-9,11H2,1-4H3. The van der Waals surface area contributed by atoms with E-state index in [0.717, 1.165) is 12.7 Å². The Labute approximate surface area is 110 Å². The highest BCUT2D eigenvalue weighted by Gasteiger charge is 2.12. The van der Waals surface area contributed by atoms with Crippen LogP contribution in [0, 0.1) is 0 Å². The predicted octanol–water partition coefficient (Wildman–Crippen LogP) is 2.98. The number of aromatic nitrogens is 1. The van der Waals surface area contributed by atoms with Crippen molar-refractivity contribution in [1.29, 1.82) is 0 Å². The Morgan fingerprint density at radius 2 is 2.11 bits per heavy atom. The lowest BCUT2D eigenvalue weighted by molar-refractivity contribution is 0.0525. The Hall–Kier alpha value is -1.07. The average molecular weight is 269 g/mol. The first-order valence-electron chi connectivity index (χ1n) is 6.33. The van der Waals surface area contributed by atoms with Gasteiger partial charge in [-0.1, -0.05) is 19.6 Å². The van der Waals surface area contributed by atoms with Gasteiger partial charge in [0.15, 0.2) is 0 Å². The topological polar surface area (TPSA) is 40.5 Å². The molecule has 0 aliphatic heterocycles. The van der Waals surface area contributed by atoms with Gasteiger partial charge >= 0.3 is 5.97 Å². The maximum Gasteiger partial charge on any atom is 0.339 e. The summed E-state index contributed by atoms with van der Waals surface area (Å²) in [6.07, 6.45) is 3.59. The van der Waals surface area contributed by atoms with Crippen LogP contribution in [-0.2, 0) is 16.2 Å². The summed E-state index contributed by atoms with van der Waals surface area (Å²) in [5.41, 5.74) is 0.575. The van der Waals surface area contributed by atoms with Crippen LogP contribution >= 0.6 is 0 Å². The number of nitrogens with zero attached hydrogens (tertiary/aromatic N) is 1. The van der Waals surface area contributed by atoms with E-state index in [-0.39, 0.29) is 5.97 Å². The van der Waals surface area contributed by atoms with E-state index in [1.807, 2.05) is 10.8 Å². The zero-order valence-electron chi connectivity index (χ0n) is 11.7. The third-order valence-electron chi connectivity index (χ3n) is 2.50. The molecule has 1 aromatic heterocycles. The first-order valence-corrected chi connectivity index (χ1v) is 10.0. The highest BCUT2D eigenvalue weighted by atomic mass is 28.3. The van der Waals surface area contributed by atoms with Crippen molar-refractivity contribution in [3.63, 3.8) is 0 Å². The molecule has 1 rings (SSSR count). The molecule has 0 saturated heterocycles. The van der Waals surface area contributed by atoms with Gasteiger partial charge in [-0.05, 0) is 19.0 Å². The number of carbonyl (C=O) groups is 1. The van der Waals surface area contributed by atoms with Crippen LogP contribution in [0.1, 0.15) is 17.3 Å². The largest absolute Gasteiger partial charge is 0.462 e. The predicted molar refractivity (Wildman–Crippen MR) is 74.5 cm³/mol. The fourth-order valence-corrected chi connectivity index (χ4v) is 2.16. The Morgan fingerprint density at radius 3 is 2.72 bits per heavy atom. The smallest absolute Gasteiger partial charge is 0.339 e. The van der Waals surface area contributed by atoms with Crippen LogP contribution < -0.4 is 0 Å². The van der Waals surface area contributed by atoms with Crippen molar-refractivity contribution in [2.75, 3.05) is 13.2 Å². The van der Waals surface area contributed by atoms with Crippen molar-refractivity contribution < 1.29 is 14.3 Å². The van der Waals surface area contributed by atoms with Crippen LogP contribution in [0.25, 0.3) is 0 Å². The third-order valence-corrected chi connectivity index (χ3v) is 4.20. The molecule has 0 bridgehead atoms. The molecule has 0 aromatic carbocycles. The monoisotopic (exact) mass is 269 g/mol. The number of ether oxygens (including phenoxy) is 2. The molecule has 0 unspecified atom stereocenters. The molecule has 0 aliphatic carbocycles. The molecule has 0 spiro atoms. The van der Waals surface area contributed by atoms with Gasteiger partial charge in [0.25, 0.3) is 0 Å². The van der Waals surface area contributed by atoms with E-state index in [9.17, 15) is 4.79 Å². The van der Waals surface area contributed by atoms with Crippen molar-refractivity contribution in [1.82, 2.24) is 4.57 Å². The van der Waals surface area contributed by atoms with Crippen LogP contribution in [-0.4, -0.2) is 31.8 Å². The van der Waals surface area contributed by atoms with Gasteiger partial charge in [0, 0.05) is 27.1 Å². The van der Waals surface area contributed by atoms with Gasteiger partial charge < -0.3 is 14.0 Å². The molecule has 0 amide bonds. The summed E-state index contributed by atoms with van der Waals surface area (Å²) in [7, 11) is -1.03. The fourth-order valence-electron chi connectivity index (χ4n) is 1.40. The van der Waals surface area contributed by atoms with E-state index in [0.29, 0.717) is 18.9 Å². The number of carbonyl (C=O) groups excluding carboxylic acids is 1. The van der Waals surface area contributed by atoms with E-state index >= 15 is 0 Å². The molecule has 18 heavy (non-hydrogen) atoms. The summed E-state index contributed by atoms with van der Waals surface area (Å²) in [5, 5.41) is 0. The molecule has 0 fully saturated rings. The van der Waals surface area contributed by atoms with Crippen LogP contribution in [0.5, 0.6) is 0 Å². The second kappa shape index (κ2) is 6.75. The molecule has 102 valence electrons. The Balaban J connectivity index is 2.33. The van der Waals surface area contributed by atoms with Crippen molar-refractivity contribution in [2.45, 2.75) is 39.3 Å². The number of hydrogen-bond donors (Lipinski definition) is 0. The van der Waals surface area contributed by atoms with E-state index in [1.165, 1.54) is 0 Å². The van der Waals surface area contributed by atoms with Crippen LogP contribution in [0.2, 0.25) is 25.7 Å². The van der Waals surface area contributed by atoms with Crippen molar-refractivity contribution in [3.05, 3.63) is 24.0 Å². The van der Waals surface area contributed by atoms with Crippen LogP contribution in [0.4, 0.5) is 0 Å². The molecular weight excluding hydrogens is 246 g/mol. The second-order valence-corrected chi connectivity index (χ2v) is 11.1. The minimum atomic E-state index is -1.03. The molecule has 0 radical (unpaired) electrons. The van der Waals surface area contributed by atoms with Gasteiger partial charge in [0.2, 0.25) is 0 Å². The van der Waals surface area contributed by atoms with Gasteiger partial charge in [-0.3, -0.25) is 0 Å². The van der Waals surface area contributed by atoms with Gasteiger partial charge in [0.1, 0.15) is 6.73 Å². The number of rotatable bonds is 7. The quantitative estimate of drug-likeness (QED) is 0.434. The summed E-state index contributed by atoms with van der Waals surface area (Å²) in [5.74, 6) is -0.279. The highest BCUT2D eigenvalue weighted by Crippen LogP contribution is 2.08. The Kier molecular flexibility index (Phi) is 5.62. The molecule has 4 nitrogen and oxygen atoms in total. The third kappa shape index (κ3) is 5.51. The minimum absolute atomic E-state index is 0.279. The van der Waals surface area contributed by atoms with Crippen molar-refractivity contribution in [2.24, 2.45) is 0 Å². The first-order chi connectivity index (χ1) is 8.42. The Bertz CT molecular complexity index is 382. The van der Waals surface area contributed by atoms with Crippen LogP contribution in [0.15, 0.2) is 18.5 Å². The molecule has 0 atom stereocenters. The van der Waals surface area contributed by atoms with Crippen LogP contribution in [0.3, 0.4) is 0 Å². The second-order valence-electron chi connectivity index (χ2n) is 5.48. The summed E-state index contributed by atoms with van der Waals surface area (Å²) < 4.78 is 12.4. The maximum atomic E-state index is 11.4. The van der Waals surface area contributed by atoms with Crippen molar-refractivity contribution >= 4 is 14.0 Å². The average Bonchev–Trinajstić information content (AvgIpc) is 2.72. The highest BCUT2D eigenvalue weighted by molar-refractivity contribution is 6.76. The summed E-state index contributed by atoms with van der Waals surface area (Å²) in [4.78, 5) is 11.4. The molecule has 0 saturated carbocycles. The van der Waals surface area contributed by atoms with E-state index in [1.54, 1.807) is 19.2 Å². The van der Waals surface area contributed by atoms with Gasteiger partial charge in [-0.15, -0.1) is 0 Å². The molecule has 0 aliphatic rings. The molecule has 1 heterocycles. The van der Waals surface area contributed by atoms with Gasteiger partial charge in [-0.2, -0.15) is 0 Å². The van der Waals surface area contributed by atoms with E-state index in [2.05, 4.69) is 19.6 Å². The Morgan fingerprint density at radius 1 is 1.39 bits per heavy atom. The van der Waals surface area contributed by atoms with Gasteiger partial charge in [-0.25, -0.2) is 4.79 Å². The summed E-state index contributed by atoms with van der Waals surface area (Å²) in [6, 6.07) is 2.90. The fraction of sp³-hybridized carbons (Fsp3) is 0.615. The first kappa shape index (κ1) is 15.0.